The van der Waals surface area contributed by atoms with E-state index in [1.54, 1.807) is 48.5 Å². The van der Waals surface area contributed by atoms with E-state index in [4.69, 9.17) is 9.47 Å². The molecule has 0 saturated heterocycles. The standard InChI is InChI=1S/C21H20N2O5/c1-3-27-18-10-6-17(7-11-18)23-21(25)16(13-22)12-15-4-8-19(9-5-15)28-14-20(24)26-2/h4-12H,3,14H2,1-2H3,(H,23,25)/b16-12-. The van der Waals surface area contributed by atoms with Gasteiger partial charge >= 0.3 is 5.97 Å². The van der Waals surface area contributed by atoms with E-state index >= 15 is 0 Å². The summed E-state index contributed by atoms with van der Waals surface area (Å²) in [5.74, 6) is 0.172. The molecule has 0 atom stereocenters. The van der Waals surface area contributed by atoms with Crippen LogP contribution in [0.5, 0.6) is 11.5 Å². The fraction of sp³-hybridized carbons (Fsp3) is 0.190. The summed E-state index contributed by atoms with van der Waals surface area (Å²) in [5.41, 5.74) is 1.15. The van der Waals surface area contributed by atoms with Crippen LogP contribution in [0.1, 0.15) is 12.5 Å². The van der Waals surface area contributed by atoms with Crippen LogP contribution < -0.4 is 14.8 Å². The lowest BCUT2D eigenvalue weighted by Crippen LogP contribution is -2.13. The predicted octanol–water partition coefficient (Wildman–Crippen LogP) is 3.18. The maximum atomic E-state index is 12.3. The third kappa shape index (κ3) is 6.18. The summed E-state index contributed by atoms with van der Waals surface area (Å²) in [7, 11) is 1.28. The molecule has 0 aliphatic heterocycles. The topological polar surface area (TPSA) is 97.6 Å². The molecule has 0 aliphatic carbocycles. The van der Waals surface area contributed by atoms with Crippen molar-refractivity contribution in [2.24, 2.45) is 0 Å². The molecule has 0 aliphatic rings. The van der Waals surface area contributed by atoms with Gasteiger partial charge in [0.15, 0.2) is 6.61 Å². The van der Waals surface area contributed by atoms with E-state index in [1.165, 1.54) is 13.2 Å². The van der Waals surface area contributed by atoms with Gasteiger partial charge in [0.1, 0.15) is 23.1 Å². The van der Waals surface area contributed by atoms with Crippen LogP contribution in [0.2, 0.25) is 0 Å². The molecule has 7 heteroatoms. The SMILES string of the molecule is CCOc1ccc(NC(=O)/C(C#N)=C\c2ccc(OCC(=O)OC)cc2)cc1. The highest BCUT2D eigenvalue weighted by Crippen LogP contribution is 2.18. The van der Waals surface area contributed by atoms with Gasteiger partial charge in [-0.25, -0.2) is 4.79 Å². The number of carbonyl (C=O) groups is 2. The Bertz CT molecular complexity index is 881. The van der Waals surface area contributed by atoms with Crippen LogP contribution in [0.4, 0.5) is 5.69 Å². The number of anilines is 1. The Morgan fingerprint density at radius 3 is 2.21 bits per heavy atom. The summed E-state index contributed by atoms with van der Waals surface area (Å²) in [6.07, 6.45) is 1.47. The molecule has 2 rings (SSSR count). The van der Waals surface area contributed by atoms with Crippen LogP contribution in [0.3, 0.4) is 0 Å². The Balaban J connectivity index is 2.02. The Morgan fingerprint density at radius 1 is 1.04 bits per heavy atom. The molecule has 2 aromatic rings. The number of nitriles is 1. The molecule has 28 heavy (non-hydrogen) atoms. The number of nitrogens with one attached hydrogen (secondary N) is 1. The fourth-order valence-corrected chi connectivity index (χ4v) is 2.18. The molecule has 1 amide bonds. The van der Waals surface area contributed by atoms with Crippen LogP contribution in [-0.2, 0) is 14.3 Å². The number of benzene rings is 2. The Kier molecular flexibility index (Phi) is 7.61. The maximum absolute atomic E-state index is 12.3. The molecule has 1 N–H and O–H groups in total. The fourth-order valence-electron chi connectivity index (χ4n) is 2.18. The lowest BCUT2D eigenvalue weighted by Gasteiger charge is -2.07. The second-order valence-corrected chi connectivity index (χ2v) is 5.52. The third-order valence-corrected chi connectivity index (χ3v) is 3.56. The normalized spacial score (nSPS) is 10.5. The maximum Gasteiger partial charge on any atom is 0.343 e. The molecule has 0 heterocycles. The Labute approximate surface area is 163 Å². The van der Waals surface area contributed by atoms with Crippen LogP contribution in [0.25, 0.3) is 6.08 Å². The van der Waals surface area contributed by atoms with E-state index in [0.29, 0.717) is 29.4 Å². The molecule has 0 saturated carbocycles. The predicted molar refractivity (Wildman–Crippen MR) is 104 cm³/mol. The third-order valence-electron chi connectivity index (χ3n) is 3.56. The number of rotatable bonds is 8. The van der Waals surface area contributed by atoms with E-state index in [1.807, 2.05) is 13.0 Å². The number of carbonyl (C=O) groups excluding carboxylic acids is 2. The number of nitrogens with zero attached hydrogens (tertiary/aromatic N) is 1. The number of ether oxygens (including phenoxy) is 3. The van der Waals surface area contributed by atoms with E-state index in [9.17, 15) is 14.9 Å². The highest BCUT2D eigenvalue weighted by molar-refractivity contribution is 6.09. The van der Waals surface area contributed by atoms with Gasteiger partial charge in [0.2, 0.25) is 0 Å². The van der Waals surface area contributed by atoms with Crippen molar-refractivity contribution in [3.05, 3.63) is 59.7 Å². The van der Waals surface area contributed by atoms with Crippen molar-refractivity contribution in [3.63, 3.8) is 0 Å². The van der Waals surface area contributed by atoms with Crippen LogP contribution in [0.15, 0.2) is 54.1 Å². The molecular weight excluding hydrogens is 360 g/mol. The molecule has 0 spiro atoms. The monoisotopic (exact) mass is 380 g/mol. The lowest BCUT2D eigenvalue weighted by molar-refractivity contribution is -0.142. The van der Waals surface area contributed by atoms with Gasteiger partial charge in [-0.2, -0.15) is 5.26 Å². The summed E-state index contributed by atoms with van der Waals surface area (Å²) in [5, 5.41) is 12.0. The van der Waals surface area contributed by atoms with E-state index in [-0.39, 0.29) is 12.2 Å². The number of hydrogen-bond donors (Lipinski definition) is 1. The van der Waals surface area contributed by atoms with Gasteiger partial charge in [0, 0.05) is 5.69 Å². The zero-order chi connectivity index (χ0) is 20.4. The second-order valence-electron chi connectivity index (χ2n) is 5.52. The lowest BCUT2D eigenvalue weighted by atomic mass is 10.1. The van der Waals surface area contributed by atoms with Gasteiger partial charge in [-0.05, 0) is 55.0 Å². The van der Waals surface area contributed by atoms with Crippen LogP contribution >= 0.6 is 0 Å². The minimum Gasteiger partial charge on any atom is -0.494 e. The van der Waals surface area contributed by atoms with E-state index in [2.05, 4.69) is 10.1 Å². The van der Waals surface area contributed by atoms with Crippen molar-refractivity contribution in [1.29, 1.82) is 5.26 Å². The molecule has 0 unspecified atom stereocenters. The first kappa shape index (κ1) is 20.5. The first-order valence-electron chi connectivity index (χ1n) is 8.51. The average Bonchev–Trinajstić information content (AvgIpc) is 2.72. The minimum absolute atomic E-state index is 0.0443. The summed E-state index contributed by atoms with van der Waals surface area (Å²) < 4.78 is 15.1. The van der Waals surface area contributed by atoms with Gasteiger partial charge < -0.3 is 19.5 Å². The molecule has 0 radical (unpaired) electrons. The average molecular weight is 380 g/mol. The summed E-state index contributed by atoms with van der Waals surface area (Å²) in [6.45, 7) is 2.25. The quantitative estimate of drug-likeness (QED) is 0.429. The first-order chi connectivity index (χ1) is 13.5. The zero-order valence-electron chi connectivity index (χ0n) is 15.6. The molecule has 0 fully saturated rings. The smallest absolute Gasteiger partial charge is 0.343 e. The van der Waals surface area contributed by atoms with Crippen molar-refractivity contribution in [2.75, 3.05) is 25.6 Å². The van der Waals surface area contributed by atoms with Crippen molar-refractivity contribution in [2.45, 2.75) is 6.92 Å². The van der Waals surface area contributed by atoms with Gasteiger partial charge in [0.25, 0.3) is 5.91 Å². The first-order valence-corrected chi connectivity index (χ1v) is 8.51. The Morgan fingerprint density at radius 2 is 1.64 bits per heavy atom. The molecule has 0 aromatic heterocycles. The summed E-state index contributed by atoms with van der Waals surface area (Å²) in [4.78, 5) is 23.4. The molecular formula is C21H20N2O5. The number of esters is 1. The molecule has 2 aromatic carbocycles. The molecule has 7 nitrogen and oxygen atoms in total. The number of hydrogen-bond acceptors (Lipinski definition) is 6. The van der Waals surface area contributed by atoms with Gasteiger partial charge in [0.05, 0.1) is 13.7 Å². The van der Waals surface area contributed by atoms with Crippen LogP contribution in [0, 0.1) is 11.3 Å². The highest BCUT2D eigenvalue weighted by Gasteiger charge is 2.10. The van der Waals surface area contributed by atoms with E-state index in [0.717, 1.165) is 0 Å². The van der Waals surface area contributed by atoms with E-state index < -0.39 is 11.9 Å². The molecule has 144 valence electrons. The molecule has 0 bridgehead atoms. The summed E-state index contributed by atoms with van der Waals surface area (Å²) >= 11 is 0. The van der Waals surface area contributed by atoms with Gasteiger partial charge in [-0.3, -0.25) is 4.79 Å². The number of methoxy groups -OCH3 is 1. The Hall–Kier alpha value is -3.79. The van der Waals surface area contributed by atoms with Crippen molar-refractivity contribution in [1.82, 2.24) is 0 Å². The van der Waals surface area contributed by atoms with Crippen LogP contribution in [-0.4, -0.2) is 32.2 Å². The largest absolute Gasteiger partial charge is 0.494 e. The zero-order valence-corrected chi connectivity index (χ0v) is 15.6. The second kappa shape index (κ2) is 10.4. The number of amides is 1. The minimum atomic E-state index is -0.516. The van der Waals surface area contributed by atoms with Gasteiger partial charge in [-0.15, -0.1) is 0 Å². The highest BCUT2D eigenvalue weighted by atomic mass is 16.6. The van der Waals surface area contributed by atoms with Gasteiger partial charge in [-0.1, -0.05) is 12.1 Å². The van der Waals surface area contributed by atoms with Crippen molar-refractivity contribution >= 4 is 23.6 Å². The van der Waals surface area contributed by atoms with Crippen molar-refractivity contribution in [3.8, 4) is 17.6 Å². The summed E-state index contributed by atoms with van der Waals surface area (Å²) in [6, 6.07) is 15.4. The van der Waals surface area contributed by atoms with Crippen molar-refractivity contribution < 1.29 is 23.8 Å².